The second-order valence-corrected chi connectivity index (χ2v) is 4.46. The summed E-state index contributed by atoms with van der Waals surface area (Å²) in [5.74, 6) is 1.72. The molecule has 18 heavy (non-hydrogen) atoms. The quantitative estimate of drug-likeness (QED) is 0.898. The van der Waals surface area contributed by atoms with E-state index >= 15 is 0 Å². The molecule has 4 nitrogen and oxygen atoms in total. The number of aromatic nitrogens is 3. The number of benzene rings is 1. The van der Waals surface area contributed by atoms with Crippen molar-refractivity contribution in [3.63, 3.8) is 0 Å². The van der Waals surface area contributed by atoms with E-state index in [-0.39, 0.29) is 0 Å². The smallest absolute Gasteiger partial charge is 0.148 e. The van der Waals surface area contributed by atoms with Crippen LogP contribution in [0.5, 0.6) is 0 Å². The number of hydrogen-bond acceptors (Lipinski definition) is 3. The van der Waals surface area contributed by atoms with Gasteiger partial charge in [-0.3, -0.25) is 0 Å². The van der Waals surface area contributed by atoms with Crippen LogP contribution in [-0.2, 0) is 0 Å². The third-order valence-electron chi connectivity index (χ3n) is 3.02. The molecule has 0 spiro atoms. The van der Waals surface area contributed by atoms with Crippen LogP contribution in [0.1, 0.15) is 37.1 Å². The fourth-order valence-electron chi connectivity index (χ4n) is 2.21. The highest BCUT2D eigenvalue weighted by Crippen LogP contribution is 2.21. The SMILES string of the molecule is CCNC(C)c1ccccc1-n1nc(C)nc1C. The third kappa shape index (κ3) is 2.43. The van der Waals surface area contributed by atoms with E-state index in [9.17, 15) is 0 Å². The Morgan fingerprint density at radius 3 is 2.61 bits per heavy atom. The molecule has 1 aromatic carbocycles. The molecular formula is C14H20N4. The zero-order chi connectivity index (χ0) is 13.1. The first kappa shape index (κ1) is 12.8. The maximum atomic E-state index is 4.46. The molecule has 1 aromatic heterocycles. The summed E-state index contributed by atoms with van der Waals surface area (Å²) in [5, 5.41) is 7.90. The molecule has 1 atom stereocenters. The number of nitrogens with one attached hydrogen (secondary N) is 1. The van der Waals surface area contributed by atoms with Crippen LogP contribution in [0.2, 0.25) is 0 Å². The highest BCUT2D eigenvalue weighted by Gasteiger charge is 2.13. The van der Waals surface area contributed by atoms with Crippen LogP contribution in [0, 0.1) is 13.8 Å². The van der Waals surface area contributed by atoms with Crippen LogP contribution in [0.25, 0.3) is 5.69 Å². The molecule has 0 aliphatic rings. The fraction of sp³-hybridized carbons (Fsp3) is 0.429. The Kier molecular flexibility index (Phi) is 3.77. The highest BCUT2D eigenvalue weighted by atomic mass is 15.3. The van der Waals surface area contributed by atoms with Gasteiger partial charge >= 0.3 is 0 Å². The van der Waals surface area contributed by atoms with Crippen molar-refractivity contribution in [2.75, 3.05) is 6.54 Å². The van der Waals surface area contributed by atoms with Gasteiger partial charge < -0.3 is 5.32 Å². The average Bonchev–Trinajstić information content (AvgIpc) is 2.69. The second kappa shape index (κ2) is 5.31. The molecule has 4 heteroatoms. The molecule has 0 bridgehead atoms. The summed E-state index contributed by atoms with van der Waals surface area (Å²) in [6, 6.07) is 8.62. The molecular weight excluding hydrogens is 224 g/mol. The lowest BCUT2D eigenvalue weighted by molar-refractivity contribution is 0.592. The van der Waals surface area contributed by atoms with Gasteiger partial charge in [0, 0.05) is 6.04 Å². The molecule has 0 fully saturated rings. The summed E-state index contributed by atoms with van der Waals surface area (Å²) in [7, 11) is 0. The number of para-hydroxylation sites is 1. The minimum atomic E-state index is 0.301. The van der Waals surface area contributed by atoms with Crippen LogP contribution in [-0.4, -0.2) is 21.3 Å². The van der Waals surface area contributed by atoms with Gasteiger partial charge in [0.1, 0.15) is 11.6 Å². The number of nitrogens with zero attached hydrogens (tertiary/aromatic N) is 3. The van der Waals surface area contributed by atoms with Gasteiger partial charge in [0.2, 0.25) is 0 Å². The van der Waals surface area contributed by atoms with Crippen LogP contribution in [0.4, 0.5) is 0 Å². The van der Waals surface area contributed by atoms with Gasteiger partial charge in [0.15, 0.2) is 0 Å². The monoisotopic (exact) mass is 244 g/mol. The molecule has 1 unspecified atom stereocenters. The minimum Gasteiger partial charge on any atom is -0.310 e. The van der Waals surface area contributed by atoms with E-state index in [4.69, 9.17) is 0 Å². The van der Waals surface area contributed by atoms with Crippen molar-refractivity contribution in [1.82, 2.24) is 20.1 Å². The van der Waals surface area contributed by atoms with Gasteiger partial charge in [-0.25, -0.2) is 9.67 Å². The van der Waals surface area contributed by atoms with Gasteiger partial charge in [0.25, 0.3) is 0 Å². The predicted octanol–water partition coefficient (Wildman–Crippen LogP) is 2.55. The zero-order valence-corrected chi connectivity index (χ0v) is 11.4. The van der Waals surface area contributed by atoms with E-state index in [0.29, 0.717) is 6.04 Å². The summed E-state index contributed by atoms with van der Waals surface area (Å²) in [5.41, 5.74) is 2.34. The Balaban J connectivity index is 2.48. The minimum absolute atomic E-state index is 0.301. The molecule has 0 saturated carbocycles. The maximum Gasteiger partial charge on any atom is 0.148 e. The Labute approximate surface area is 108 Å². The normalized spacial score (nSPS) is 12.7. The van der Waals surface area contributed by atoms with E-state index in [1.165, 1.54) is 5.56 Å². The van der Waals surface area contributed by atoms with Crippen LogP contribution >= 0.6 is 0 Å². The lowest BCUT2D eigenvalue weighted by atomic mass is 10.1. The van der Waals surface area contributed by atoms with Gasteiger partial charge in [-0.15, -0.1) is 0 Å². The molecule has 0 radical (unpaired) electrons. The Bertz CT molecular complexity index is 530. The first-order valence-corrected chi connectivity index (χ1v) is 6.36. The Morgan fingerprint density at radius 2 is 2.00 bits per heavy atom. The number of aryl methyl sites for hydroxylation is 2. The average molecular weight is 244 g/mol. The van der Waals surface area contributed by atoms with Crippen molar-refractivity contribution in [3.8, 4) is 5.69 Å². The van der Waals surface area contributed by atoms with Crippen LogP contribution < -0.4 is 5.32 Å². The van der Waals surface area contributed by atoms with E-state index in [0.717, 1.165) is 23.9 Å². The second-order valence-electron chi connectivity index (χ2n) is 4.46. The van der Waals surface area contributed by atoms with Gasteiger partial charge in [0.05, 0.1) is 5.69 Å². The maximum absolute atomic E-state index is 4.46. The van der Waals surface area contributed by atoms with Gasteiger partial charge in [-0.2, -0.15) is 5.10 Å². The lowest BCUT2D eigenvalue weighted by Gasteiger charge is -2.17. The van der Waals surface area contributed by atoms with E-state index in [2.05, 4.69) is 47.4 Å². The topological polar surface area (TPSA) is 42.7 Å². The summed E-state index contributed by atoms with van der Waals surface area (Å²) in [6.07, 6.45) is 0. The molecule has 1 heterocycles. The molecule has 0 saturated heterocycles. The lowest BCUT2D eigenvalue weighted by Crippen LogP contribution is -2.19. The number of rotatable bonds is 4. The van der Waals surface area contributed by atoms with Crippen molar-refractivity contribution < 1.29 is 0 Å². The summed E-state index contributed by atoms with van der Waals surface area (Å²) in [4.78, 5) is 4.37. The van der Waals surface area contributed by atoms with Crippen molar-refractivity contribution in [2.45, 2.75) is 33.7 Å². The Hall–Kier alpha value is -1.68. The molecule has 0 aliphatic heterocycles. The van der Waals surface area contributed by atoms with Crippen LogP contribution in [0.15, 0.2) is 24.3 Å². The predicted molar refractivity (Wildman–Crippen MR) is 72.9 cm³/mol. The molecule has 2 aromatic rings. The summed E-state index contributed by atoms with van der Waals surface area (Å²) >= 11 is 0. The largest absolute Gasteiger partial charge is 0.310 e. The molecule has 0 amide bonds. The molecule has 1 N–H and O–H groups in total. The highest BCUT2D eigenvalue weighted by molar-refractivity contribution is 5.42. The van der Waals surface area contributed by atoms with Crippen molar-refractivity contribution in [2.24, 2.45) is 0 Å². The first-order valence-electron chi connectivity index (χ1n) is 6.36. The zero-order valence-electron chi connectivity index (χ0n) is 11.4. The third-order valence-corrected chi connectivity index (χ3v) is 3.02. The summed E-state index contributed by atoms with van der Waals surface area (Å²) in [6.45, 7) is 9.13. The summed E-state index contributed by atoms with van der Waals surface area (Å²) < 4.78 is 1.92. The van der Waals surface area contributed by atoms with Crippen LogP contribution in [0.3, 0.4) is 0 Å². The van der Waals surface area contributed by atoms with Gasteiger partial charge in [-0.1, -0.05) is 25.1 Å². The molecule has 96 valence electrons. The van der Waals surface area contributed by atoms with Gasteiger partial charge in [-0.05, 0) is 38.9 Å². The van der Waals surface area contributed by atoms with Crippen molar-refractivity contribution in [1.29, 1.82) is 0 Å². The van der Waals surface area contributed by atoms with Crippen molar-refractivity contribution >= 4 is 0 Å². The van der Waals surface area contributed by atoms with Crippen molar-refractivity contribution in [3.05, 3.63) is 41.5 Å². The fourth-order valence-corrected chi connectivity index (χ4v) is 2.21. The standard InChI is InChI=1S/C14H20N4/c1-5-15-10(2)13-8-6-7-9-14(13)18-12(4)16-11(3)17-18/h6-10,15H,5H2,1-4H3. The molecule has 0 aliphatic carbocycles. The van der Waals surface area contributed by atoms with E-state index < -0.39 is 0 Å². The Morgan fingerprint density at radius 1 is 1.28 bits per heavy atom. The molecule has 2 rings (SSSR count). The van der Waals surface area contributed by atoms with E-state index in [1.807, 2.05) is 24.6 Å². The van der Waals surface area contributed by atoms with E-state index in [1.54, 1.807) is 0 Å². The number of hydrogen-bond donors (Lipinski definition) is 1. The first-order chi connectivity index (χ1) is 8.63.